The number of carbonyl (C=O) groups is 1. The smallest absolute Gasteiger partial charge is 0.185 e. The number of aldehydes is 1. The van der Waals surface area contributed by atoms with Crippen LogP contribution >= 0.6 is 0 Å². The van der Waals surface area contributed by atoms with Gasteiger partial charge in [-0.2, -0.15) is 5.10 Å². The Morgan fingerprint density at radius 3 is 2.75 bits per heavy atom. The summed E-state index contributed by atoms with van der Waals surface area (Å²) in [6.45, 7) is 1.89. The summed E-state index contributed by atoms with van der Waals surface area (Å²) in [5.41, 5.74) is 1.89. The van der Waals surface area contributed by atoms with Crippen molar-refractivity contribution in [3.05, 3.63) is 59.9 Å². The molecule has 0 aliphatic carbocycles. The average molecular weight is 270 g/mol. The van der Waals surface area contributed by atoms with Gasteiger partial charge in [0.25, 0.3) is 0 Å². The molecule has 0 N–H and O–H groups in total. The zero-order valence-electron chi connectivity index (χ0n) is 10.7. The van der Waals surface area contributed by atoms with Crippen molar-refractivity contribution in [3.63, 3.8) is 0 Å². The Labute approximate surface area is 114 Å². The standard InChI is InChI=1S/C15H11FN2O2/c1-10-7-17-18(8-10)14-4-2-11(6-13(14)16)15-5-3-12(9-19)20-15/h2-9H,1H3. The molecule has 0 bridgehead atoms. The minimum Gasteiger partial charge on any atom is -0.453 e. The number of nitrogens with zero attached hydrogens (tertiary/aromatic N) is 2. The molecule has 2 aromatic heterocycles. The zero-order valence-corrected chi connectivity index (χ0v) is 10.7. The molecular weight excluding hydrogens is 259 g/mol. The van der Waals surface area contributed by atoms with Gasteiger partial charge in [0, 0.05) is 11.8 Å². The maximum Gasteiger partial charge on any atom is 0.185 e. The van der Waals surface area contributed by atoms with E-state index >= 15 is 0 Å². The molecule has 2 heterocycles. The highest BCUT2D eigenvalue weighted by Gasteiger charge is 2.10. The fraction of sp³-hybridized carbons (Fsp3) is 0.0667. The summed E-state index contributed by atoms with van der Waals surface area (Å²) in [5.74, 6) is 0.260. The van der Waals surface area contributed by atoms with Crippen molar-refractivity contribution in [2.75, 3.05) is 0 Å². The number of hydrogen-bond acceptors (Lipinski definition) is 3. The number of hydrogen-bond donors (Lipinski definition) is 0. The largest absolute Gasteiger partial charge is 0.453 e. The van der Waals surface area contributed by atoms with Gasteiger partial charge in [-0.3, -0.25) is 4.79 Å². The minimum atomic E-state index is -0.408. The van der Waals surface area contributed by atoms with Crippen LogP contribution in [-0.4, -0.2) is 16.1 Å². The fourth-order valence-electron chi connectivity index (χ4n) is 1.96. The van der Waals surface area contributed by atoms with Crippen LogP contribution in [0, 0.1) is 12.7 Å². The molecule has 0 aliphatic rings. The molecule has 0 atom stereocenters. The van der Waals surface area contributed by atoms with Crippen molar-refractivity contribution in [3.8, 4) is 17.0 Å². The van der Waals surface area contributed by atoms with E-state index in [9.17, 15) is 9.18 Å². The summed E-state index contributed by atoms with van der Waals surface area (Å²) in [6.07, 6.45) is 4.02. The van der Waals surface area contributed by atoms with E-state index in [1.54, 1.807) is 36.7 Å². The summed E-state index contributed by atoms with van der Waals surface area (Å²) < 4.78 is 20.9. The Morgan fingerprint density at radius 2 is 2.15 bits per heavy atom. The van der Waals surface area contributed by atoms with Crippen LogP contribution in [0.3, 0.4) is 0 Å². The second-order valence-electron chi connectivity index (χ2n) is 4.45. The Balaban J connectivity index is 2.00. The molecule has 0 amide bonds. The van der Waals surface area contributed by atoms with Crippen LogP contribution in [0.5, 0.6) is 0 Å². The van der Waals surface area contributed by atoms with Crippen LogP contribution < -0.4 is 0 Å². The highest BCUT2D eigenvalue weighted by Crippen LogP contribution is 2.25. The van der Waals surface area contributed by atoms with Gasteiger partial charge in [-0.1, -0.05) is 0 Å². The third-order valence-electron chi connectivity index (χ3n) is 2.93. The number of halogens is 1. The van der Waals surface area contributed by atoms with E-state index in [2.05, 4.69) is 5.10 Å². The normalized spacial score (nSPS) is 10.7. The Kier molecular flexibility index (Phi) is 2.95. The maximum absolute atomic E-state index is 14.1. The molecule has 0 saturated carbocycles. The number of furan rings is 1. The predicted molar refractivity (Wildman–Crippen MR) is 71.3 cm³/mol. The van der Waals surface area contributed by atoms with Crippen LogP contribution in [0.15, 0.2) is 47.1 Å². The van der Waals surface area contributed by atoms with Crippen molar-refractivity contribution in [1.29, 1.82) is 0 Å². The number of aryl methyl sites for hydroxylation is 1. The molecule has 3 rings (SSSR count). The summed E-state index contributed by atoms with van der Waals surface area (Å²) in [5, 5.41) is 4.07. The van der Waals surface area contributed by atoms with Crippen molar-refractivity contribution < 1.29 is 13.6 Å². The second-order valence-corrected chi connectivity index (χ2v) is 4.45. The lowest BCUT2D eigenvalue weighted by Crippen LogP contribution is -1.98. The van der Waals surface area contributed by atoms with Crippen molar-refractivity contribution >= 4 is 6.29 Å². The number of rotatable bonds is 3. The predicted octanol–water partition coefficient (Wildman–Crippen LogP) is 3.39. The highest BCUT2D eigenvalue weighted by molar-refractivity contribution is 5.73. The van der Waals surface area contributed by atoms with E-state index in [-0.39, 0.29) is 5.76 Å². The highest BCUT2D eigenvalue weighted by atomic mass is 19.1. The minimum absolute atomic E-state index is 0.215. The first-order valence-electron chi connectivity index (χ1n) is 6.04. The first kappa shape index (κ1) is 12.3. The van der Waals surface area contributed by atoms with E-state index in [0.717, 1.165) is 5.56 Å². The van der Waals surface area contributed by atoms with Gasteiger partial charge in [0.1, 0.15) is 17.3 Å². The van der Waals surface area contributed by atoms with Crippen LogP contribution in [0.25, 0.3) is 17.0 Å². The molecule has 0 fully saturated rings. The monoisotopic (exact) mass is 270 g/mol. The summed E-state index contributed by atoms with van der Waals surface area (Å²) in [7, 11) is 0. The van der Waals surface area contributed by atoms with Gasteiger partial charge in [-0.05, 0) is 42.8 Å². The molecule has 0 unspecified atom stereocenters. The topological polar surface area (TPSA) is 48.0 Å². The molecular formula is C15H11FN2O2. The van der Waals surface area contributed by atoms with Crippen LogP contribution in [0.4, 0.5) is 4.39 Å². The first-order valence-corrected chi connectivity index (χ1v) is 6.04. The van der Waals surface area contributed by atoms with E-state index in [4.69, 9.17) is 4.42 Å². The lowest BCUT2D eigenvalue weighted by molar-refractivity contribution is 0.110. The van der Waals surface area contributed by atoms with Gasteiger partial charge in [0.15, 0.2) is 12.0 Å². The quantitative estimate of drug-likeness (QED) is 0.685. The van der Waals surface area contributed by atoms with E-state index in [1.807, 2.05) is 6.92 Å². The SMILES string of the molecule is Cc1cnn(-c2ccc(-c3ccc(C=O)o3)cc2F)c1. The molecule has 5 heteroatoms. The van der Waals surface area contributed by atoms with E-state index in [0.29, 0.717) is 23.3 Å². The van der Waals surface area contributed by atoms with Crippen molar-refractivity contribution in [2.45, 2.75) is 6.92 Å². The van der Waals surface area contributed by atoms with E-state index < -0.39 is 5.82 Å². The lowest BCUT2D eigenvalue weighted by atomic mass is 10.1. The fourth-order valence-corrected chi connectivity index (χ4v) is 1.96. The van der Waals surface area contributed by atoms with Crippen LogP contribution in [-0.2, 0) is 0 Å². The zero-order chi connectivity index (χ0) is 14.1. The third-order valence-corrected chi connectivity index (χ3v) is 2.93. The molecule has 0 radical (unpaired) electrons. The third kappa shape index (κ3) is 2.14. The lowest BCUT2D eigenvalue weighted by Gasteiger charge is -2.04. The van der Waals surface area contributed by atoms with Crippen LogP contribution in [0.1, 0.15) is 16.1 Å². The summed E-state index contributed by atoms with van der Waals surface area (Å²) in [4.78, 5) is 10.6. The van der Waals surface area contributed by atoms with Crippen molar-refractivity contribution in [1.82, 2.24) is 9.78 Å². The molecule has 1 aromatic carbocycles. The average Bonchev–Trinajstić information content (AvgIpc) is 3.07. The molecule has 3 aromatic rings. The number of benzene rings is 1. The molecule has 20 heavy (non-hydrogen) atoms. The molecule has 0 aliphatic heterocycles. The molecule has 0 spiro atoms. The first-order chi connectivity index (χ1) is 9.67. The van der Waals surface area contributed by atoms with Gasteiger partial charge in [-0.25, -0.2) is 9.07 Å². The van der Waals surface area contributed by atoms with Gasteiger partial charge >= 0.3 is 0 Å². The number of aromatic nitrogens is 2. The molecule has 100 valence electrons. The van der Waals surface area contributed by atoms with Crippen LogP contribution in [0.2, 0.25) is 0 Å². The van der Waals surface area contributed by atoms with Crippen molar-refractivity contribution in [2.24, 2.45) is 0 Å². The maximum atomic E-state index is 14.1. The Morgan fingerprint density at radius 1 is 1.30 bits per heavy atom. The summed E-state index contributed by atoms with van der Waals surface area (Å²) in [6, 6.07) is 7.89. The molecule has 0 saturated heterocycles. The number of carbonyl (C=O) groups excluding carboxylic acids is 1. The van der Waals surface area contributed by atoms with Gasteiger partial charge in [0.2, 0.25) is 0 Å². The molecule has 4 nitrogen and oxygen atoms in total. The second kappa shape index (κ2) is 4.77. The van der Waals surface area contributed by atoms with Gasteiger partial charge in [0.05, 0.1) is 6.20 Å². The van der Waals surface area contributed by atoms with Gasteiger partial charge < -0.3 is 4.42 Å². The Bertz CT molecular complexity index is 774. The summed E-state index contributed by atoms with van der Waals surface area (Å²) >= 11 is 0. The Hall–Kier alpha value is -2.69. The van der Waals surface area contributed by atoms with E-state index in [1.165, 1.54) is 10.7 Å². The van der Waals surface area contributed by atoms with Gasteiger partial charge in [-0.15, -0.1) is 0 Å².